The summed E-state index contributed by atoms with van der Waals surface area (Å²) < 4.78 is 18.5. The molecule has 0 fully saturated rings. The number of rotatable bonds is 7. The standard InChI is InChI=1S/C16H33FOSi/c1-14(11-13-17)10-9-12-16(5,6)18-19(7,8)15(2,3)4/h11,13-14H,9-10,12H2,1-8H3/b13-11-. The molecule has 1 unspecified atom stereocenters. The van der Waals surface area contributed by atoms with Gasteiger partial charge in [0, 0.05) is 0 Å². The normalized spacial score (nSPS) is 16.1. The van der Waals surface area contributed by atoms with Crippen LogP contribution in [-0.4, -0.2) is 13.9 Å². The zero-order valence-electron chi connectivity index (χ0n) is 14.1. The molecule has 0 rings (SSSR count). The molecule has 0 aliphatic carbocycles. The van der Waals surface area contributed by atoms with E-state index in [4.69, 9.17) is 4.43 Å². The van der Waals surface area contributed by atoms with Crippen molar-refractivity contribution in [2.75, 3.05) is 0 Å². The van der Waals surface area contributed by atoms with E-state index in [-0.39, 0.29) is 10.6 Å². The molecular formula is C16H33FOSi. The van der Waals surface area contributed by atoms with Gasteiger partial charge in [-0.1, -0.05) is 40.2 Å². The van der Waals surface area contributed by atoms with Crippen molar-refractivity contribution in [2.24, 2.45) is 5.92 Å². The van der Waals surface area contributed by atoms with E-state index in [0.29, 0.717) is 12.2 Å². The minimum atomic E-state index is -1.71. The SMILES string of the molecule is CC(/C=C\F)CCCC(C)(C)O[Si](C)(C)C(C)(C)C. The van der Waals surface area contributed by atoms with Gasteiger partial charge in [-0.15, -0.1) is 0 Å². The quantitative estimate of drug-likeness (QED) is 0.516. The smallest absolute Gasteiger partial charge is 0.192 e. The number of halogens is 1. The summed E-state index contributed by atoms with van der Waals surface area (Å²) in [4.78, 5) is 0. The van der Waals surface area contributed by atoms with Gasteiger partial charge in [0.05, 0.1) is 11.9 Å². The fourth-order valence-corrected chi connectivity index (χ4v) is 3.75. The molecule has 1 nitrogen and oxygen atoms in total. The van der Waals surface area contributed by atoms with Crippen molar-refractivity contribution in [3.63, 3.8) is 0 Å². The first-order chi connectivity index (χ1) is 8.41. The first-order valence-corrected chi connectivity index (χ1v) is 10.3. The molecule has 0 saturated carbocycles. The highest BCUT2D eigenvalue weighted by molar-refractivity contribution is 6.74. The summed E-state index contributed by atoms with van der Waals surface area (Å²) in [5, 5.41) is 0.245. The highest BCUT2D eigenvalue weighted by Crippen LogP contribution is 2.40. The largest absolute Gasteiger partial charge is 0.412 e. The lowest BCUT2D eigenvalue weighted by Crippen LogP contribution is -2.47. The van der Waals surface area contributed by atoms with Crippen molar-refractivity contribution in [3.8, 4) is 0 Å². The zero-order chi connectivity index (χ0) is 15.3. The summed E-state index contributed by atoms with van der Waals surface area (Å²) in [6, 6.07) is 0. The predicted octanol–water partition coefficient (Wildman–Crippen LogP) is 6.08. The van der Waals surface area contributed by atoms with Crippen LogP contribution in [0.15, 0.2) is 12.4 Å². The summed E-state index contributed by atoms with van der Waals surface area (Å²) in [7, 11) is -1.71. The van der Waals surface area contributed by atoms with Crippen molar-refractivity contribution >= 4 is 8.32 Å². The minimum Gasteiger partial charge on any atom is -0.412 e. The molecule has 0 aliphatic rings. The third kappa shape index (κ3) is 7.26. The van der Waals surface area contributed by atoms with Gasteiger partial charge in [0.25, 0.3) is 0 Å². The van der Waals surface area contributed by atoms with Crippen LogP contribution in [0.1, 0.15) is 60.8 Å². The molecule has 0 bridgehead atoms. The maximum atomic E-state index is 12.1. The first-order valence-electron chi connectivity index (χ1n) is 7.38. The van der Waals surface area contributed by atoms with Crippen LogP contribution in [0.2, 0.25) is 18.1 Å². The average Bonchev–Trinajstić information content (AvgIpc) is 2.13. The Hall–Kier alpha value is -0.153. The van der Waals surface area contributed by atoms with Crippen LogP contribution in [0.4, 0.5) is 4.39 Å². The van der Waals surface area contributed by atoms with E-state index in [9.17, 15) is 4.39 Å². The van der Waals surface area contributed by atoms with Gasteiger partial charge in [-0.2, -0.15) is 0 Å². The highest BCUT2D eigenvalue weighted by Gasteiger charge is 2.41. The second-order valence-corrected chi connectivity index (χ2v) is 12.5. The van der Waals surface area contributed by atoms with Crippen molar-refractivity contribution in [3.05, 3.63) is 12.4 Å². The molecule has 3 heteroatoms. The molecule has 0 spiro atoms. The van der Waals surface area contributed by atoms with E-state index >= 15 is 0 Å². The third-order valence-corrected chi connectivity index (χ3v) is 8.85. The highest BCUT2D eigenvalue weighted by atomic mass is 28.4. The second-order valence-electron chi connectivity index (χ2n) is 7.81. The molecule has 0 radical (unpaired) electrons. The van der Waals surface area contributed by atoms with E-state index in [1.807, 2.05) is 0 Å². The van der Waals surface area contributed by atoms with Crippen LogP contribution < -0.4 is 0 Å². The topological polar surface area (TPSA) is 9.23 Å². The summed E-state index contributed by atoms with van der Waals surface area (Å²) in [5.41, 5.74) is -0.0812. The van der Waals surface area contributed by atoms with E-state index < -0.39 is 8.32 Å². The van der Waals surface area contributed by atoms with Gasteiger partial charge < -0.3 is 4.43 Å². The van der Waals surface area contributed by atoms with Crippen LogP contribution >= 0.6 is 0 Å². The Balaban J connectivity index is 4.33. The van der Waals surface area contributed by atoms with E-state index in [2.05, 4.69) is 54.6 Å². The lowest BCUT2D eigenvalue weighted by molar-refractivity contribution is 0.0788. The van der Waals surface area contributed by atoms with Gasteiger partial charge in [0.15, 0.2) is 8.32 Å². The monoisotopic (exact) mass is 288 g/mol. The van der Waals surface area contributed by atoms with Crippen LogP contribution in [0.3, 0.4) is 0 Å². The lowest BCUT2D eigenvalue weighted by atomic mass is 9.97. The first kappa shape index (κ1) is 18.8. The Bertz CT molecular complexity index is 290. The Morgan fingerprint density at radius 2 is 1.68 bits per heavy atom. The summed E-state index contributed by atoms with van der Waals surface area (Å²) in [6.07, 6.45) is 5.41. The fourth-order valence-electron chi connectivity index (χ4n) is 1.97. The van der Waals surface area contributed by atoms with Gasteiger partial charge in [-0.05, 0) is 50.7 Å². The Kier molecular flexibility index (Phi) is 6.97. The Morgan fingerprint density at radius 1 is 1.16 bits per heavy atom. The van der Waals surface area contributed by atoms with E-state index in [1.54, 1.807) is 6.08 Å². The van der Waals surface area contributed by atoms with Crippen molar-refractivity contribution in [2.45, 2.75) is 84.5 Å². The van der Waals surface area contributed by atoms with Crippen molar-refractivity contribution < 1.29 is 8.82 Å². The molecule has 0 aliphatic heterocycles. The molecule has 0 aromatic carbocycles. The molecule has 0 saturated heterocycles. The summed E-state index contributed by atoms with van der Waals surface area (Å²) in [5.74, 6) is 0.314. The number of allylic oxidation sites excluding steroid dienone is 1. The number of hydrogen-bond acceptors (Lipinski definition) is 1. The fraction of sp³-hybridized carbons (Fsp3) is 0.875. The molecule has 19 heavy (non-hydrogen) atoms. The van der Waals surface area contributed by atoms with Crippen molar-refractivity contribution in [1.82, 2.24) is 0 Å². The Labute approximate surface area is 120 Å². The minimum absolute atomic E-state index is 0.0812. The van der Waals surface area contributed by atoms with Crippen LogP contribution in [-0.2, 0) is 4.43 Å². The second kappa shape index (κ2) is 7.03. The maximum Gasteiger partial charge on any atom is 0.192 e. The Morgan fingerprint density at radius 3 is 2.11 bits per heavy atom. The van der Waals surface area contributed by atoms with Gasteiger partial charge in [0.1, 0.15) is 0 Å². The van der Waals surface area contributed by atoms with Gasteiger partial charge in [0.2, 0.25) is 0 Å². The molecule has 0 heterocycles. The molecule has 1 atom stereocenters. The van der Waals surface area contributed by atoms with E-state index in [1.165, 1.54) is 0 Å². The molecule has 0 aromatic rings. The number of hydrogen-bond donors (Lipinski definition) is 0. The predicted molar refractivity (Wildman–Crippen MR) is 85.6 cm³/mol. The molecular weight excluding hydrogens is 255 g/mol. The maximum absolute atomic E-state index is 12.1. The average molecular weight is 289 g/mol. The van der Waals surface area contributed by atoms with Gasteiger partial charge in [-0.3, -0.25) is 0 Å². The van der Waals surface area contributed by atoms with E-state index in [0.717, 1.165) is 19.3 Å². The third-order valence-electron chi connectivity index (χ3n) is 4.18. The van der Waals surface area contributed by atoms with Crippen LogP contribution in [0.25, 0.3) is 0 Å². The molecule has 0 aromatic heterocycles. The van der Waals surface area contributed by atoms with Crippen LogP contribution in [0, 0.1) is 5.92 Å². The van der Waals surface area contributed by atoms with Gasteiger partial charge in [-0.25, -0.2) is 4.39 Å². The van der Waals surface area contributed by atoms with Crippen LogP contribution in [0.5, 0.6) is 0 Å². The summed E-state index contributed by atoms with van der Waals surface area (Å²) in [6.45, 7) is 17.8. The molecule has 114 valence electrons. The molecule has 0 amide bonds. The van der Waals surface area contributed by atoms with Crippen molar-refractivity contribution in [1.29, 1.82) is 0 Å². The van der Waals surface area contributed by atoms with Gasteiger partial charge >= 0.3 is 0 Å². The molecule has 0 N–H and O–H groups in total. The zero-order valence-corrected chi connectivity index (χ0v) is 15.1. The lowest BCUT2D eigenvalue weighted by Gasteiger charge is -2.43. The summed E-state index contributed by atoms with van der Waals surface area (Å²) >= 11 is 0.